The van der Waals surface area contributed by atoms with Gasteiger partial charge in [-0.25, -0.2) is 4.79 Å². The van der Waals surface area contributed by atoms with Gasteiger partial charge in [0.25, 0.3) is 0 Å². The average Bonchev–Trinajstić information content (AvgIpc) is 3.85. The Morgan fingerprint density at radius 3 is 2.10 bits per heavy atom. The first-order chi connectivity index (χ1) is 24.5. The highest BCUT2D eigenvalue weighted by atomic mass is 32.1. The van der Waals surface area contributed by atoms with Gasteiger partial charge >= 0.3 is 5.97 Å². The van der Waals surface area contributed by atoms with Crippen molar-refractivity contribution >= 4 is 62.3 Å². The van der Waals surface area contributed by atoms with Crippen molar-refractivity contribution in [1.29, 1.82) is 5.26 Å². The van der Waals surface area contributed by atoms with Gasteiger partial charge in [-0.05, 0) is 96.9 Å². The van der Waals surface area contributed by atoms with Crippen LogP contribution in [0.15, 0.2) is 127 Å². The lowest BCUT2D eigenvalue weighted by molar-refractivity contribution is -0.132. The first-order valence-electron chi connectivity index (χ1n) is 17.0. The summed E-state index contributed by atoms with van der Waals surface area (Å²) in [5, 5.41) is 20.9. The Bertz CT molecular complexity index is 2340. The van der Waals surface area contributed by atoms with Crippen LogP contribution in [0.2, 0.25) is 0 Å². The zero-order valence-electron chi connectivity index (χ0n) is 28.2. The van der Waals surface area contributed by atoms with Gasteiger partial charge in [0, 0.05) is 63.0 Å². The number of anilines is 3. The molecule has 0 saturated carbocycles. The number of aryl methyl sites for hydroxylation is 1. The number of nitriles is 1. The number of carbonyl (C=O) groups is 1. The second-order valence-electron chi connectivity index (χ2n) is 12.5. The molecule has 0 spiro atoms. The number of para-hydroxylation sites is 2. The number of unbranched alkanes of at least 4 members (excludes halogenated alkanes) is 3. The molecule has 7 heteroatoms. The van der Waals surface area contributed by atoms with Crippen LogP contribution in [0.5, 0.6) is 0 Å². The van der Waals surface area contributed by atoms with Crippen molar-refractivity contribution in [3.05, 3.63) is 132 Å². The SMILES string of the molecule is CCCCCCn1c2ccc(-c3ccc(-c4ccc(C=C(C#N)C(=O)O)s4)n3C)cc2c2cc(N(c3ccccc3)c3ccccc3)ccc21. The molecule has 6 nitrogen and oxygen atoms in total. The second kappa shape index (κ2) is 14.3. The minimum atomic E-state index is -1.22. The number of rotatable bonds is 12. The van der Waals surface area contributed by atoms with E-state index in [2.05, 4.69) is 137 Å². The van der Waals surface area contributed by atoms with E-state index >= 15 is 0 Å². The predicted octanol–water partition coefficient (Wildman–Crippen LogP) is 11.6. The zero-order valence-corrected chi connectivity index (χ0v) is 29.0. The molecule has 7 aromatic rings. The van der Waals surface area contributed by atoms with Gasteiger partial charge in [-0.3, -0.25) is 0 Å². The van der Waals surface area contributed by atoms with Crippen LogP contribution < -0.4 is 4.90 Å². The molecular weight excluding hydrogens is 637 g/mol. The maximum absolute atomic E-state index is 11.4. The van der Waals surface area contributed by atoms with Crippen molar-refractivity contribution in [1.82, 2.24) is 9.13 Å². The van der Waals surface area contributed by atoms with Crippen LogP contribution in [0, 0.1) is 11.3 Å². The Hall–Kier alpha value is -5.84. The van der Waals surface area contributed by atoms with Gasteiger partial charge in [0.1, 0.15) is 11.6 Å². The third kappa shape index (κ3) is 6.34. The zero-order chi connectivity index (χ0) is 34.6. The maximum Gasteiger partial charge on any atom is 0.346 e. The number of aliphatic carboxylic acids is 1. The predicted molar refractivity (Wildman–Crippen MR) is 207 cm³/mol. The number of nitrogens with zero attached hydrogens (tertiary/aromatic N) is 4. The fourth-order valence-corrected chi connectivity index (χ4v) is 7.84. The monoisotopic (exact) mass is 674 g/mol. The minimum Gasteiger partial charge on any atom is -0.477 e. The topological polar surface area (TPSA) is 74.2 Å². The molecule has 0 aliphatic heterocycles. The summed E-state index contributed by atoms with van der Waals surface area (Å²) >= 11 is 1.47. The van der Waals surface area contributed by atoms with Crippen LogP contribution in [0.1, 0.15) is 37.5 Å². The summed E-state index contributed by atoms with van der Waals surface area (Å²) in [6, 6.07) is 44.6. The molecule has 4 aromatic carbocycles. The molecule has 0 aliphatic rings. The van der Waals surface area contributed by atoms with Crippen LogP contribution >= 0.6 is 11.3 Å². The van der Waals surface area contributed by atoms with Gasteiger partial charge < -0.3 is 19.1 Å². The molecule has 0 saturated heterocycles. The van der Waals surface area contributed by atoms with E-state index in [0.29, 0.717) is 0 Å². The van der Waals surface area contributed by atoms with Gasteiger partial charge in [-0.15, -0.1) is 11.3 Å². The third-order valence-electron chi connectivity index (χ3n) is 9.30. The summed E-state index contributed by atoms with van der Waals surface area (Å²) < 4.78 is 4.68. The van der Waals surface area contributed by atoms with Crippen LogP contribution in [-0.4, -0.2) is 20.2 Å². The summed E-state index contributed by atoms with van der Waals surface area (Å²) in [5.41, 5.74) is 8.77. The van der Waals surface area contributed by atoms with Crippen molar-refractivity contribution in [3.8, 4) is 27.9 Å². The molecule has 0 aliphatic carbocycles. The van der Waals surface area contributed by atoms with E-state index < -0.39 is 5.97 Å². The third-order valence-corrected chi connectivity index (χ3v) is 10.4. The summed E-state index contributed by atoms with van der Waals surface area (Å²) in [4.78, 5) is 15.4. The molecule has 0 fully saturated rings. The summed E-state index contributed by atoms with van der Waals surface area (Å²) in [5.74, 6) is -1.22. The van der Waals surface area contributed by atoms with E-state index in [0.717, 1.165) is 56.7 Å². The van der Waals surface area contributed by atoms with Gasteiger partial charge in [-0.2, -0.15) is 5.26 Å². The first kappa shape index (κ1) is 32.7. The average molecular weight is 675 g/mol. The number of fused-ring (bicyclic) bond motifs is 3. The molecule has 7 rings (SSSR count). The molecule has 0 radical (unpaired) electrons. The number of carboxylic acid groups (broad SMARTS) is 1. The highest BCUT2D eigenvalue weighted by Gasteiger charge is 2.18. The van der Waals surface area contributed by atoms with E-state index in [1.807, 2.05) is 12.1 Å². The Kier molecular flexibility index (Phi) is 9.37. The Balaban J connectivity index is 1.33. The van der Waals surface area contributed by atoms with Gasteiger partial charge in [0.2, 0.25) is 0 Å². The van der Waals surface area contributed by atoms with E-state index in [1.54, 1.807) is 6.07 Å². The molecule has 0 unspecified atom stereocenters. The molecule has 3 heterocycles. The summed E-state index contributed by atoms with van der Waals surface area (Å²) in [6.07, 6.45) is 6.23. The van der Waals surface area contributed by atoms with Gasteiger partial charge in [-0.1, -0.05) is 68.7 Å². The summed E-state index contributed by atoms with van der Waals surface area (Å²) in [6.45, 7) is 3.22. The highest BCUT2D eigenvalue weighted by molar-refractivity contribution is 7.16. The standard InChI is InChI=1S/C43H38N4O2S/c1-3-4-5-12-25-46-39-20-17-30(38-22-23-41(45(38)2)42-24-19-35(50-42)26-31(29-44)43(48)49)27-36(39)37-28-34(18-21-40(37)46)47(32-13-8-6-9-14-32)33-15-10-7-11-16-33/h6-11,13-24,26-28H,3-5,12,25H2,1-2H3,(H,48,49). The Labute approximate surface area is 296 Å². The van der Waals surface area contributed by atoms with E-state index in [4.69, 9.17) is 0 Å². The molecular formula is C43H38N4O2S. The molecule has 0 atom stereocenters. The van der Waals surface area contributed by atoms with Gasteiger partial charge in [0.05, 0.1) is 10.6 Å². The van der Waals surface area contributed by atoms with E-state index in [9.17, 15) is 15.2 Å². The molecule has 0 bridgehead atoms. The highest BCUT2D eigenvalue weighted by Crippen LogP contribution is 2.40. The van der Waals surface area contributed by atoms with Crippen LogP contribution in [0.4, 0.5) is 17.1 Å². The molecule has 3 aromatic heterocycles. The van der Waals surface area contributed by atoms with Crippen molar-refractivity contribution in [2.75, 3.05) is 4.90 Å². The maximum atomic E-state index is 11.4. The normalized spacial score (nSPS) is 11.7. The smallest absolute Gasteiger partial charge is 0.346 e. The molecule has 248 valence electrons. The number of benzene rings is 4. The van der Waals surface area contributed by atoms with Gasteiger partial charge in [0.15, 0.2) is 0 Å². The fraction of sp³-hybridized carbons (Fsp3) is 0.163. The number of thiophene rings is 1. The number of aromatic nitrogens is 2. The number of carboxylic acids is 1. The quantitative estimate of drug-likeness (QED) is 0.0795. The lowest BCUT2D eigenvalue weighted by Gasteiger charge is -2.25. The van der Waals surface area contributed by atoms with E-state index in [1.165, 1.54) is 58.5 Å². The number of hydrogen-bond acceptors (Lipinski definition) is 4. The van der Waals surface area contributed by atoms with Crippen LogP contribution in [0.3, 0.4) is 0 Å². The van der Waals surface area contributed by atoms with Crippen molar-refractivity contribution in [2.45, 2.75) is 39.2 Å². The van der Waals surface area contributed by atoms with Crippen molar-refractivity contribution in [2.24, 2.45) is 7.05 Å². The van der Waals surface area contributed by atoms with E-state index in [-0.39, 0.29) is 5.57 Å². The lowest BCUT2D eigenvalue weighted by Crippen LogP contribution is -2.09. The molecule has 50 heavy (non-hydrogen) atoms. The Morgan fingerprint density at radius 1 is 0.780 bits per heavy atom. The van der Waals surface area contributed by atoms with Crippen LogP contribution in [0.25, 0.3) is 49.7 Å². The first-order valence-corrected chi connectivity index (χ1v) is 17.9. The molecule has 0 amide bonds. The van der Waals surface area contributed by atoms with Crippen LogP contribution in [-0.2, 0) is 18.4 Å². The molecule has 1 N–H and O–H groups in total. The minimum absolute atomic E-state index is 0.275. The fourth-order valence-electron chi connectivity index (χ4n) is 6.83. The largest absolute Gasteiger partial charge is 0.477 e. The summed E-state index contributed by atoms with van der Waals surface area (Å²) in [7, 11) is 2.06. The lowest BCUT2D eigenvalue weighted by atomic mass is 10.1. The number of hydrogen-bond donors (Lipinski definition) is 1. The van der Waals surface area contributed by atoms with Crippen molar-refractivity contribution in [3.63, 3.8) is 0 Å². The van der Waals surface area contributed by atoms with Crippen molar-refractivity contribution < 1.29 is 9.90 Å². The Morgan fingerprint density at radius 2 is 1.44 bits per heavy atom. The second-order valence-corrected chi connectivity index (χ2v) is 13.6.